The molecule has 0 amide bonds. The van der Waals surface area contributed by atoms with Crippen molar-refractivity contribution < 1.29 is 4.39 Å². The zero-order valence-corrected chi connectivity index (χ0v) is 10.7. The summed E-state index contributed by atoms with van der Waals surface area (Å²) in [5, 5.41) is 4.19. The number of hydrogen-bond acceptors (Lipinski definition) is 2. The standard InChI is InChI=1S/C14H18FN3/c1-3-18-9-11(8-17-18)7-14(16)12-6-10(2)4-5-13(12)15/h4-6,8-9,14H,3,7,16H2,1-2H3. The van der Waals surface area contributed by atoms with Gasteiger partial charge in [0.25, 0.3) is 0 Å². The zero-order valence-electron chi connectivity index (χ0n) is 10.7. The van der Waals surface area contributed by atoms with Crippen molar-refractivity contribution in [3.8, 4) is 0 Å². The van der Waals surface area contributed by atoms with Crippen LogP contribution in [-0.2, 0) is 13.0 Å². The van der Waals surface area contributed by atoms with Gasteiger partial charge in [0.2, 0.25) is 0 Å². The Kier molecular flexibility index (Phi) is 3.77. The van der Waals surface area contributed by atoms with Crippen molar-refractivity contribution in [2.24, 2.45) is 5.73 Å². The minimum absolute atomic E-state index is 0.240. The average molecular weight is 247 g/mol. The Labute approximate surface area is 106 Å². The molecule has 0 aliphatic rings. The van der Waals surface area contributed by atoms with E-state index in [1.54, 1.807) is 12.3 Å². The average Bonchev–Trinajstić information content (AvgIpc) is 2.80. The fraction of sp³-hybridized carbons (Fsp3) is 0.357. The van der Waals surface area contributed by atoms with Gasteiger partial charge in [-0.1, -0.05) is 17.7 Å². The van der Waals surface area contributed by atoms with Gasteiger partial charge in [-0.3, -0.25) is 4.68 Å². The van der Waals surface area contributed by atoms with Gasteiger partial charge in [0.1, 0.15) is 5.82 Å². The number of nitrogens with zero attached hydrogens (tertiary/aromatic N) is 2. The van der Waals surface area contributed by atoms with Gasteiger partial charge in [0.05, 0.1) is 6.20 Å². The lowest BCUT2D eigenvalue weighted by Crippen LogP contribution is -2.15. The molecule has 0 bridgehead atoms. The molecule has 3 nitrogen and oxygen atoms in total. The van der Waals surface area contributed by atoms with Gasteiger partial charge in [0.15, 0.2) is 0 Å². The zero-order chi connectivity index (χ0) is 13.1. The van der Waals surface area contributed by atoms with Crippen LogP contribution in [0.3, 0.4) is 0 Å². The van der Waals surface area contributed by atoms with Crippen LogP contribution in [0.4, 0.5) is 4.39 Å². The van der Waals surface area contributed by atoms with E-state index in [1.807, 2.05) is 30.8 Å². The lowest BCUT2D eigenvalue weighted by atomic mass is 9.99. The molecule has 1 aromatic carbocycles. The Morgan fingerprint density at radius 2 is 2.22 bits per heavy atom. The molecule has 1 atom stereocenters. The Hall–Kier alpha value is -1.68. The maximum absolute atomic E-state index is 13.7. The fourth-order valence-corrected chi connectivity index (χ4v) is 2.00. The van der Waals surface area contributed by atoms with E-state index in [0.29, 0.717) is 12.0 Å². The quantitative estimate of drug-likeness (QED) is 0.902. The first-order valence-corrected chi connectivity index (χ1v) is 6.13. The van der Waals surface area contributed by atoms with E-state index in [1.165, 1.54) is 6.07 Å². The van der Waals surface area contributed by atoms with Crippen LogP contribution in [-0.4, -0.2) is 9.78 Å². The normalized spacial score (nSPS) is 12.7. The summed E-state index contributed by atoms with van der Waals surface area (Å²) < 4.78 is 15.5. The first-order valence-electron chi connectivity index (χ1n) is 6.13. The number of halogens is 1. The number of hydrogen-bond donors (Lipinski definition) is 1. The lowest BCUT2D eigenvalue weighted by Gasteiger charge is -2.12. The third-order valence-corrected chi connectivity index (χ3v) is 3.02. The number of aryl methyl sites for hydroxylation is 2. The van der Waals surface area contributed by atoms with Gasteiger partial charge in [-0.15, -0.1) is 0 Å². The summed E-state index contributed by atoms with van der Waals surface area (Å²) in [6, 6.07) is 4.70. The van der Waals surface area contributed by atoms with Crippen LogP contribution in [0, 0.1) is 12.7 Å². The number of rotatable bonds is 4. The second-order valence-electron chi connectivity index (χ2n) is 4.54. The molecule has 0 fully saturated rings. The topological polar surface area (TPSA) is 43.8 Å². The molecule has 1 aromatic heterocycles. The number of aromatic nitrogens is 2. The van der Waals surface area contributed by atoms with Crippen LogP contribution < -0.4 is 5.73 Å². The maximum atomic E-state index is 13.7. The van der Waals surface area contributed by atoms with Crippen molar-refractivity contribution >= 4 is 0 Å². The van der Waals surface area contributed by atoms with Crippen molar-refractivity contribution in [1.29, 1.82) is 0 Å². The van der Waals surface area contributed by atoms with Gasteiger partial charge in [-0.25, -0.2) is 4.39 Å². The summed E-state index contributed by atoms with van der Waals surface area (Å²) >= 11 is 0. The van der Waals surface area contributed by atoms with Crippen molar-refractivity contribution in [3.05, 3.63) is 53.1 Å². The molecule has 2 N–H and O–H groups in total. The summed E-state index contributed by atoms with van der Waals surface area (Å²) in [6.45, 7) is 4.79. The third-order valence-electron chi connectivity index (χ3n) is 3.02. The number of benzene rings is 1. The van der Waals surface area contributed by atoms with Gasteiger partial charge in [-0.05, 0) is 31.9 Å². The van der Waals surface area contributed by atoms with E-state index in [9.17, 15) is 4.39 Å². The Bertz CT molecular complexity index is 534. The highest BCUT2D eigenvalue weighted by Crippen LogP contribution is 2.20. The summed E-state index contributed by atoms with van der Waals surface area (Å²) in [4.78, 5) is 0. The van der Waals surface area contributed by atoms with Crippen LogP contribution in [0.15, 0.2) is 30.6 Å². The van der Waals surface area contributed by atoms with Crippen molar-refractivity contribution in [2.45, 2.75) is 32.9 Å². The highest BCUT2D eigenvalue weighted by atomic mass is 19.1. The molecule has 18 heavy (non-hydrogen) atoms. The molecule has 0 aliphatic carbocycles. The molecule has 0 saturated heterocycles. The molecule has 1 unspecified atom stereocenters. The molecule has 0 aliphatic heterocycles. The second kappa shape index (κ2) is 5.31. The van der Waals surface area contributed by atoms with Crippen LogP contribution >= 0.6 is 0 Å². The number of nitrogens with two attached hydrogens (primary N) is 1. The highest BCUT2D eigenvalue weighted by molar-refractivity contribution is 5.28. The maximum Gasteiger partial charge on any atom is 0.128 e. The largest absolute Gasteiger partial charge is 0.324 e. The van der Waals surface area contributed by atoms with Crippen molar-refractivity contribution in [3.63, 3.8) is 0 Å². The molecule has 0 spiro atoms. The predicted molar refractivity (Wildman–Crippen MR) is 69.7 cm³/mol. The van der Waals surface area contributed by atoms with Crippen molar-refractivity contribution in [2.75, 3.05) is 0 Å². The SMILES string of the molecule is CCn1cc(CC(N)c2cc(C)ccc2F)cn1. The Balaban J connectivity index is 2.16. The van der Waals surface area contributed by atoms with Crippen LogP contribution in [0.1, 0.15) is 29.7 Å². The molecule has 2 rings (SSSR count). The Morgan fingerprint density at radius 3 is 2.89 bits per heavy atom. The summed E-state index contributed by atoms with van der Waals surface area (Å²) in [5.41, 5.74) is 8.69. The minimum atomic E-state index is -0.334. The van der Waals surface area contributed by atoms with E-state index in [2.05, 4.69) is 5.10 Å². The fourth-order valence-electron chi connectivity index (χ4n) is 2.00. The van der Waals surface area contributed by atoms with E-state index in [-0.39, 0.29) is 11.9 Å². The van der Waals surface area contributed by atoms with Crippen LogP contribution in [0.2, 0.25) is 0 Å². The highest BCUT2D eigenvalue weighted by Gasteiger charge is 2.13. The molecule has 96 valence electrons. The van der Waals surface area contributed by atoms with Gasteiger partial charge < -0.3 is 5.73 Å². The van der Waals surface area contributed by atoms with Gasteiger partial charge in [0, 0.05) is 24.3 Å². The van der Waals surface area contributed by atoms with E-state index in [4.69, 9.17) is 5.73 Å². The smallest absolute Gasteiger partial charge is 0.128 e. The Morgan fingerprint density at radius 1 is 1.44 bits per heavy atom. The predicted octanol–water partition coefficient (Wildman–Crippen LogP) is 2.59. The summed E-state index contributed by atoms with van der Waals surface area (Å²) in [7, 11) is 0. The van der Waals surface area contributed by atoms with Gasteiger partial charge in [-0.2, -0.15) is 5.10 Å². The first kappa shape index (κ1) is 12.8. The monoisotopic (exact) mass is 247 g/mol. The summed E-state index contributed by atoms with van der Waals surface area (Å²) in [6.07, 6.45) is 4.34. The van der Waals surface area contributed by atoms with Crippen LogP contribution in [0.25, 0.3) is 0 Å². The lowest BCUT2D eigenvalue weighted by molar-refractivity contribution is 0.579. The minimum Gasteiger partial charge on any atom is -0.324 e. The van der Waals surface area contributed by atoms with E-state index >= 15 is 0 Å². The van der Waals surface area contributed by atoms with E-state index in [0.717, 1.165) is 17.7 Å². The molecular formula is C14H18FN3. The molecule has 4 heteroatoms. The molecular weight excluding hydrogens is 229 g/mol. The first-order chi connectivity index (χ1) is 8.60. The van der Waals surface area contributed by atoms with Crippen molar-refractivity contribution in [1.82, 2.24) is 9.78 Å². The molecule has 2 aromatic rings. The van der Waals surface area contributed by atoms with Gasteiger partial charge >= 0.3 is 0 Å². The summed E-state index contributed by atoms with van der Waals surface area (Å²) in [5.74, 6) is -0.240. The third kappa shape index (κ3) is 2.76. The molecule has 1 heterocycles. The molecule has 0 saturated carbocycles. The second-order valence-corrected chi connectivity index (χ2v) is 4.54. The molecule has 0 radical (unpaired) electrons. The van der Waals surface area contributed by atoms with Crippen LogP contribution in [0.5, 0.6) is 0 Å². The van der Waals surface area contributed by atoms with E-state index < -0.39 is 0 Å².